The number of amides is 1. The minimum Gasteiger partial charge on any atom is -0.473 e. The lowest BCUT2D eigenvalue weighted by Gasteiger charge is -2.29. The zero-order valence-electron chi connectivity index (χ0n) is 15.6. The summed E-state index contributed by atoms with van der Waals surface area (Å²) >= 11 is 0. The second-order valence-electron chi connectivity index (χ2n) is 6.34. The van der Waals surface area contributed by atoms with E-state index in [-0.39, 0.29) is 5.91 Å². The van der Waals surface area contributed by atoms with Crippen LogP contribution in [-0.2, 0) is 9.53 Å². The molecule has 4 aliphatic rings. The third-order valence-electron chi connectivity index (χ3n) is 4.19. The standard InChI is InChI=1S/C22H19N5O2/c28-21-8-3-4-11-26-14-18-6-1-2-7-20(18)25-22-19(15-27(17-26)16-24-22)9-13-29-12-5-10-23-21/h1-15H,16-17H2. The number of hydrogen-bond acceptors (Lipinski definition) is 6. The highest BCUT2D eigenvalue weighted by Gasteiger charge is 2.15. The first kappa shape index (κ1) is 18.4. The number of carbonyl (C=O) groups is 1. The van der Waals surface area contributed by atoms with Crippen LogP contribution in [-0.4, -0.2) is 41.1 Å². The number of rotatable bonds is 0. The van der Waals surface area contributed by atoms with E-state index in [9.17, 15) is 4.79 Å². The summed E-state index contributed by atoms with van der Waals surface area (Å²) < 4.78 is 5.35. The Morgan fingerprint density at radius 1 is 1.00 bits per heavy atom. The third-order valence-corrected chi connectivity index (χ3v) is 4.19. The molecule has 4 bridgehead atoms. The number of amidine groups is 1. The molecular weight excluding hydrogens is 366 g/mol. The maximum absolute atomic E-state index is 11.7. The first-order valence-corrected chi connectivity index (χ1v) is 9.10. The molecule has 0 fully saturated rings. The van der Waals surface area contributed by atoms with Gasteiger partial charge in [-0.3, -0.25) is 4.79 Å². The van der Waals surface area contributed by atoms with Gasteiger partial charge in [-0.05, 0) is 24.3 Å². The molecule has 0 saturated carbocycles. The Morgan fingerprint density at radius 2 is 1.93 bits per heavy atom. The summed E-state index contributed by atoms with van der Waals surface area (Å²) in [6.07, 6.45) is 18.5. The van der Waals surface area contributed by atoms with Crippen LogP contribution in [0.5, 0.6) is 0 Å². The van der Waals surface area contributed by atoms with Gasteiger partial charge in [0.05, 0.1) is 24.6 Å². The molecule has 0 aromatic heterocycles. The Morgan fingerprint density at radius 3 is 2.90 bits per heavy atom. The maximum Gasteiger partial charge on any atom is 0.269 e. The molecule has 144 valence electrons. The van der Waals surface area contributed by atoms with Gasteiger partial charge in [-0.15, -0.1) is 0 Å². The van der Waals surface area contributed by atoms with Crippen LogP contribution < -0.4 is 10.6 Å². The number of nitrogens with zero attached hydrogens (tertiary/aromatic N) is 5. The summed E-state index contributed by atoms with van der Waals surface area (Å²) in [5.74, 6) is 0.307. The van der Waals surface area contributed by atoms with Gasteiger partial charge in [0, 0.05) is 41.7 Å². The Balaban J connectivity index is 1.83. The van der Waals surface area contributed by atoms with E-state index >= 15 is 0 Å². The number of benzene rings is 1. The van der Waals surface area contributed by atoms with Crippen LogP contribution in [0.25, 0.3) is 6.20 Å². The number of allylic oxidation sites excluding steroid dienone is 3. The molecular formula is C22H19N5O2. The predicted molar refractivity (Wildman–Crippen MR) is 112 cm³/mol. The summed E-state index contributed by atoms with van der Waals surface area (Å²) in [7, 11) is 0. The number of aliphatic imine (C=N–C) groups is 2. The minimum absolute atomic E-state index is 0.349. The van der Waals surface area contributed by atoms with Crippen molar-refractivity contribution in [3.05, 3.63) is 95.7 Å². The van der Waals surface area contributed by atoms with Crippen molar-refractivity contribution in [1.29, 1.82) is 0 Å². The smallest absolute Gasteiger partial charge is 0.269 e. The molecule has 4 heterocycles. The number of ether oxygens (including phenoxy) is 1. The summed E-state index contributed by atoms with van der Waals surface area (Å²) in [4.78, 5) is 29.0. The number of hydrogen-bond donors (Lipinski definition) is 0. The normalized spacial score (nSPS) is 18.6. The monoisotopic (exact) mass is 385 g/mol. The Hall–Kier alpha value is -4.00. The van der Waals surface area contributed by atoms with E-state index in [4.69, 9.17) is 9.73 Å². The molecule has 1 aromatic rings. The molecule has 0 saturated heterocycles. The van der Waals surface area contributed by atoms with Crippen molar-refractivity contribution < 1.29 is 9.53 Å². The molecule has 0 unspecified atom stereocenters. The largest absolute Gasteiger partial charge is 0.473 e. The van der Waals surface area contributed by atoms with Gasteiger partial charge in [0.1, 0.15) is 6.67 Å². The molecule has 0 radical (unpaired) electrons. The van der Waals surface area contributed by atoms with Crippen LogP contribution in [0.3, 0.4) is 0 Å². The van der Waals surface area contributed by atoms with Gasteiger partial charge < -0.3 is 14.5 Å². The maximum atomic E-state index is 11.7. The zero-order chi connectivity index (χ0) is 19.9. The van der Waals surface area contributed by atoms with E-state index in [2.05, 4.69) is 14.9 Å². The van der Waals surface area contributed by atoms with Gasteiger partial charge in [0.2, 0.25) is 0 Å². The lowest BCUT2D eigenvalue weighted by Crippen LogP contribution is -2.37. The van der Waals surface area contributed by atoms with Crippen molar-refractivity contribution >= 4 is 24.2 Å². The Labute approximate surface area is 168 Å². The van der Waals surface area contributed by atoms with Crippen LogP contribution in [0.15, 0.2) is 100 Å². The van der Waals surface area contributed by atoms with Gasteiger partial charge >= 0.3 is 0 Å². The van der Waals surface area contributed by atoms with Crippen molar-refractivity contribution in [2.24, 2.45) is 15.0 Å². The molecule has 0 atom stereocenters. The number of para-hydroxylation sites is 1. The van der Waals surface area contributed by atoms with E-state index in [1.54, 1.807) is 24.5 Å². The van der Waals surface area contributed by atoms with E-state index in [1.807, 2.05) is 53.8 Å². The minimum atomic E-state index is -0.349. The highest BCUT2D eigenvalue weighted by molar-refractivity contribution is 6.01. The Bertz CT molecular complexity index is 1120. The van der Waals surface area contributed by atoms with Crippen molar-refractivity contribution in [3.8, 4) is 0 Å². The topological polar surface area (TPSA) is 69.9 Å². The van der Waals surface area contributed by atoms with Crippen LogP contribution in [0, 0.1) is 0 Å². The average molecular weight is 385 g/mol. The molecule has 7 heteroatoms. The van der Waals surface area contributed by atoms with Crippen molar-refractivity contribution in [1.82, 2.24) is 9.80 Å². The Kier molecular flexibility index (Phi) is 5.57. The number of fused-ring (bicyclic) bond motifs is 1. The first-order valence-electron chi connectivity index (χ1n) is 9.10. The third kappa shape index (κ3) is 4.84. The molecule has 7 nitrogen and oxygen atoms in total. The SMILES string of the molecule is O=C1C=CC=CN2C=c3ccccc3=NC3=NCN(C=C3C=COC=CC=N1)C2. The van der Waals surface area contributed by atoms with E-state index in [0.29, 0.717) is 19.2 Å². The summed E-state index contributed by atoms with van der Waals surface area (Å²) in [6.45, 7) is 1.08. The van der Waals surface area contributed by atoms with Crippen molar-refractivity contribution in [2.45, 2.75) is 0 Å². The van der Waals surface area contributed by atoms with Gasteiger partial charge in [0.15, 0.2) is 5.84 Å². The average Bonchev–Trinajstić information content (AvgIpc) is 2.73. The molecule has 29 heavy (non-hydrogen) atoms. The number of carbonyl (C=O) groups excluding carboxylic acids is 1. The molecule has 0 N–H and O–H groups in total. The van der Waals surface area contributed by atoms with Gasteiger partial charge in [-0.25, -0.2) is 15.0 Å². The summed E-state index contributed by atoms with van der Waals surface area (Å²) in [5, 5.41) is 1.80. The van der Waals surface area contributed by atoms with Gasteiger partial charge in [0.25, 0.3) is 5.91 Å². The first-order chi connectivity index (χ1) is 14.3. The lowest BCUT2D eigenvalue weighted by molar-refractivity contribution is -0.113. The zero-order valence-corrected chi connectivity index (χ0v) is 15.6. The molecule has 0 spiro atoms. The molecule has 1 aromatic carbocycles. The van der Waals surface area contributed by atoms with Gasteiger partial charge in [-0.1, -0.05) is 24.3 Å². The predicted octanol–water partition coefficient (Wildman–Crippen LogP) is 1.60. The second kappa shape index (κ2) is 8.79. The molecule has 0 aliphatic carbocycles. The fourth-order valence-electron chi connectivity index (χ4n) is 2.88. The summed E-state index contributed by atoms with van der Waals surface area (Å²) in [6, 6.07) is 7.90. The fraction of sp³-hybridized carbons (Fsp3) is 0.0909. The highest BCUT2D eigenvalue weighted by Crippen LogP contribution is 2.13. The molecule has 1 amide bonds. The quantitative estimate of drug-likeness (QED) is 0.680. The van der Waals surface area contributed by atoms with Crippen LogP contribution in [0.1, 0.15) is 0 Å². The van der Waals surface area contributed by atoms with Crippen LogP contribution >= 0.6 is 0 Å². The molecule has 4 aliphatic heterocycles. The lowest BCUT2D eigenvalue weighted by atomic mass is 10.2. The van der Waals surface area contributed by atoms with Crippen molar-refractivity contribution in [3.63, 3.8) is 0 Å². The summed E-state index contributed by atoms with van der Waals surface area (Å²) in [5.41, 5.74) is 0.846. The van der Waals surface area contributed by atoms with Crippen molar-refractivity contribution in [2.75, 3.05) is 13.3 Å². The van der Waals surface area contributed by atoms with Gasteiger partial charge in [-0.2, -0.15) is 0 Å². The van der Waals surface area contributed by atoms with E-state index in [0.717, 1.165) is 16.1 Å². The highest BCUT2D eigenvalue weighted by atomic mass is 16.5. The van der Waals surface area contributed by atoms with Crippen LogP contribution in [0.4, 0.5) is 0 Å². The second-order valence-corrected chi connectivity index (χ2v) is 6.34. The van der Waals surface area contributed by atoms with Crippen LogP contribution in [0.2, 0.25) is 0 Å². The fourth-order valence-corrected chi connectivity index (χ4v) is 2.88. The van der Waals surface area contributed by atoms with E-state index < -0.39 is 0 Å². The van der Waals surface area contributed by atoms with E-state index in [1.165, 1.54) is 18.6 Å². The molecule has 5 rings (SSSR count).